The fourth-order valence-electron chi connectivity index (χ4n) is 2.08. The minimum atomic E-state index is -3.33. The van der Waals surface area contributed by atoms with E-state index in [0.717, 1.165) is 5.56 Å². The van der Waals surface area contributed by atoms with Gasteiger partial charge >= 0.3 is 13.6 Å². The van der Waals surface area contributed by atoms with Crippen LogP contribution in [0.25, 0.3) is 0 Å². The minimum absolute atomic E-state index is 0.0530. The molecule has 5 nitrogen and oxygen atoms in total. The average molecular weight is 334 g/mol. The molecule has 0 aromatic heterocycles. The summed E-state index contributed by atoms with van der Waals surface area (Å²) in [5.74, 6) is -0.488. The number of hydrogen-bond donors (Lipinski definition) is 0. The predicted molar refractivity (Wildman–Crippen MR) is 87.5 cm³/mol. The lowest BCUT2D eigenvalue weighted by Crippen LogP contribution is -2.16. The molecule has 6 heteroatoms. The van der Waals surface area contributed by atoms with Gasteiger partial charge in [0.05, 0.1) is 11.7 Å². The summed E-state index contributed by atoms with van der Waals surface area (Å²) in [6.07, 6.45) is -0.780. The van der Waals surface area contributed by atoms with Crippen molar-refractivity contribution in [3.8, 4) is 0 Å². The van der Waals surface area contributed by atoms with Crippen LogP contribution in [0.2, 0.25) is 0 Å². The first-order chi connectivity index (χ1) is 11.1. The van der Waals surface area contributed by atoms with Crippen LogP contribution in [0.4, 0.5) is 0 Å². The molecule has 0 saturated heterocycles. The quantitative estimate of drug-likeness (QED) is 0.564. The molecule has 1 atom stereocenters. The largest absolute Gasteiger partial charge is 0.453 e. The van der Waals surface area contributed by atoms with Crippen molar-refractivity contribution in [2.24, 2.45) is 0 Å². The summed E-state index contributed by atoms with van der Waals surface area (Å²) >= 11 is 0. The van der Waals surface area contributed by atoms with Gasteiger partial charge in [-0.25, -0.2) is 4.79 Å². The summed E-state index contributed by atoms with van der Waals surface area (Å²) in [6.45, 7) is 0. The molecule has 0 aliphatic carbocycles. The number of carbonyl (C=O) groups excluding carboxylic acids is 1. The zero-order valence-electron chi connectivity index (χ0n) is 13.0. The van der Waals surface area contributed by atoms with Gasteiger partial charge in [0.1, 0.15) is 6.10 Å². The highest BCUT2D eigenvalue weighted by molar-refractivity contribution is 7.53. The molecule has 0 N–H and O–H groups in total. The van der Waals surface area contributed by atoms with Crippen LogP contribution in [0.15, 0.2) is 60.7 Å². The van der Waals surface area contributed by atoms with Crippen LogP contribution in [0.1, 0.15) is 22.0 Å². The van der Waals surface area contributed by atoms with Crippen molar-refractivity contribution in [1.82, 2.24) is 0 Å². The fourth-order valence-corrected chi connectivity index (χ4v) is 3.22. The summed E-state index contributed by atoms with van der Waals surface area (Å²) in [5.41, 5.74) is 1.16. The highest BCUT2D eigenvalue weighted by Crippen LogP contribution is 2.50. The first-order valence-electron chi connectivity index (χ1n) is 7.09. The molecule has 2 rings (SSSR count). The van der Waals surface area contributed by atoms with E-state index in [1.54, 1.807) is 36.4 Å². The molecule has 0 heterocycles. The summed E-state index contributed by atoms with van der Waals surface area (Å²) in [4.78, 5) is 12.3. The van der Waals surface area contributed by atoms with Crippen LogP contribution < -0.4 is 0 Å². The molecular weight excluding hydrogens is 315 g/mol. The molecule has 0 aliphatic heterocycles. The lowest BCUT2D eigenvalue weighted by Gasteiger charge is -2.22. The third-order valence-corrected chi connectivity index (χ3v) is 5.27. The van der Waals surface area contributed by atoms with E-state index in [1.807, 2.05) is 24.3 Å². The Morgan fingerprint density at radius 2 is 1.48 bits per heavy atom. The monoisotopic (exact) mass is 334 g/mol. The van der Waals surface area contributed by atoms with Gasteiger partial charge in [-0.05, 0) is 17.7 Å². The second kappa shape index (κ2) is 8.06. The Kier molecular flexibility index (Phi) is 6.11. The third kappa shape index (κ3) is 4.76. The molecule has 0 saturated carbocycles. The van der Waals surface area contributed by atoms with Crippen LogP contribution >= 0.6 is 7.60 Å². The number of esters is 1. The molecule has 2 aromatic carbocycles. The Balaban J connectivity index is 2.24. The molecule has 0 fully saturated rings. The maximum Gasteiger partial charge on any atom is 0.338 e. The molecule has 0 unspecified atom stereocenters. The summed E-state index contributed by atoms with van der Waals surface area (Å²) < 4.78 is 27.9. The summed E-state index contributed by atoms with van der Waals surface area (Å²) in [6, 6.07) is 17.8. The van der Waals surface area contributed by atoms with Gasteiger partial charge in [0.2, 0.25) is 0 Å². The number of rotatable bonds is 7. The van der Waals surface area contributed by atoms with Gasteiger partial charge in [0.15, 0.2) is 0 Å². The van der Waals surface area contributed by atoms with Crippen LogP contribution in [0.3, 0.4) is 0 Å². The number of ether oxygens (including phenoxy) is 1. The highest BCUT2D eigenvalue weighted by atomic mass is 31.2. The smallest absolute Gasteiger partial charge is 0.338 e. The summed E-state index contributed by atoms with van der Waals surface area (Å²) in [7, 11) is -0.706. The van der Waals surface area contributed by atoms with Crippen molar-refractivity contribution < 1.29 is 23.1 Å². The fraction of sp³-hybridized carbons (Fsp3) is 0.235. The van der Waals surface area contributed by atoms with Gasteiger partial charge in [-0.2, -0.15) is 0 Å². The average Bonchev–Trinajstić information content (AvgIpc) is 2.62. The van der Waals surface area contributed by atoms with Gasteiger partial charge in [-0.1, -0.05) is 48.5 Å². The standard InChI is InChI=1S/C17H19O5P/c1-20-23(19,21-2)13-16(14-9-5-3-6-10-14)22-17(18)15-11-7-4-8-12-15/h3-12,16H,13H2,1-2H3/t16-/m1/s1. The van der Waals surface area contributed by atoms with E-state index >= 15 is 0 Å². The maximum atomic E-state index is 12.4. The second-order valence-electron chi connectivity index (χ2n) is 4.83. The number of benzene rings is 2. The molecule has 2 aromatic rings. The van der Waals surface area contributed by atoms with E-state index in [2.05, 4.69) is 0 Å². The first-order valence-corrected chi connectivity index (χ1v) is 8.82. The van der Waals surface area contributed by atoms with Crippen molar-refractivity contribution in [2.75, 3.05) is 20.4 Å². The van der Waals surface area contributed by atoms with Crippen LogP contribution in [-0.4, -0.2) is 26.4 Å². The Morgan fingerprint density at radius 1 is 0.957 bits per heavy atom. The second-order valence-corrected chi connectivity index (χ2v) is 7.15. The Labute approximate surface area is 135 Å². The summed E-state index contributed by atoms with van der Waals surface area (Å²) in [5, 5.41) is 0. The van der Waals surface area contributed by atoms with E-state index in [0.29, 0.717) is 5.56 Å². The molecule has 23 heavy (non-hydrogen) atoms. The van der Waals surface area contributed by atoms with E-state index in [1.165, 1.54) is 14.2 Å². The highest BCUT2D eigenvalue weighted by Gasteiger charge is 2.30. The molecule has 0 bridgehead atoms. The van der Waals surface area contributed by atoms with E-state index < -0.39 is 19.7 Å². The zero-order valence-corrected chi connectivity index (χ0v) is 13.9. The lowest BCUT2D eigenvalue weighted by atomic mass is 10.1. The molecule has 122 valence electrons. The Morgan fingerprint density at radius 3 is 2.00 bits per heavy atom. The van der Waals surface area contributed by atoms with E-state index in [9.17, 15) is 9.36 Å². The van der Waals surface area contributed by atoms with Gasteiger partial charge in [-0.3, -0.25) is 4.57 Å². The van der Waals surface area contributed by atoms with Crippen molar-refractivity contribution in [3.63, 3.8) is 0 Å². The van der Waals surface area contributed by atoms with Crippen molar-refractivity contribution in [1.29, 1.82) is 0 Å². The van der Waals surface area contributed by atoms with Crippen LogP contribution in [0.5, 0.6) is 0 Å². The predicted octanol–water partition coefficient (Wildman–Crippen LogP) is 4.07. The Bertz CT molecular complexity index is 664. The van der Waals surface area contributed by atoms with Gasteiger partial charge in [0, 0.05) is 14.2 Å². The molecular formula is C17H19O5P. The van der Waals surface area contributed by atoms with Crippen molar-refractivity contribution >= 4 is 13.6 Å². The van der Waals surface area contributed by atoms with Gasteiger partial charge in [0.25, 0.3) is 0 Å². The SMILES string of the molecule is COP(=O)(C[C@@H](OC(=O)c1ccccc1)c1ccccc1)OC. The maximum absolute atomic E-state index is 12.4. The van der Waals surface area contributed by atoms with Crippen LogP contribution in [-0.2, 0) is 18.3 Å². The van der Waals surface area contributed by atoms with E-state index in [4.69, 9.17) is 13.8 Å². The zero-order chi connectivity index (χ0) is 16.7. The molecule has 0 amide bonds. The van der Waals surface area contributed by atoms with Crippen molar-refractivity contribution in [2.45, 2.75) is 6.10 Å². The topological polar surface area (TPSA) is 61.8 Å². The molecule has 0 spiro atoms. The molecule has 0 radical (unpaired) electrons. The van der Waals surface area contributed by atoms with Gasteiger partial charge < -0.3 is 13.8 Å². The number of carbonyl (C=O) groups is 1. The van der Waals surface area contributed by atoms with E-state index in [-0.39, 0.29) is 6.16 Å². The first kappa shape index (κ1) is 17.4. The van der Waals surface area contributed by atoms with Crippen molar-refractivity contribution in [3.05, 3.63) is 71.8 Å². The lowest BCUT2D eigenvalue weighted by molar-refractivity contribution is 0.0333. The minimum Gasteiger partial charge on any atom is -0.453 e. The molecule has 0 aliphatic rings. The van der Waals surface area contributed by atoms with Crippen LogP contribution in [0, 0.1) is 0 Å². The Hall–Kier alpha value is -1.94. The normalized spacial score (nSPS) is 12.6. The number of hydrogen-bond acceptors (Lipinski definition) is 5. The van der Waals surface area contributed by atoms with Gasteiger partial charge in [-0.15, -0.1) is 0 Å². The third-order valence-electron chi connectivity index (χ3n) is 3.38.